The van der Waals surface area contributed by atoms with Crippen molar-refractivity contribution in [1.29, 1.82) is 0 Å². The molecule has 2 aromatic heterocycles. The van der Waals surface area contributed by atoms with Gasteiger partial charge in [0.2, 0.25) is 0 Å². The summed E-state index contributed by atoms with van der Waals surface area (Å²) in [5.41, 5.74) is 1.28. The standard InChI is InChI=1S/C32H39N5O6/c1-33-32(40)37-14-10-25-19-29(28(21-27(25)37)42-18-17-41-2)43-26-7-11-34-30(20-26)35-31(39)24-5-3-22(4-6-24)23-8-12-36(13-9-23)15-16-38/h3,5-7,10-11,14,19-23,38H,4,8-9,12-13,15-18H2,1-2H3,(H,33,40)(H,34,35,39). The lowest BCUT2D eigenvalue weighted by Gasteiger charge is -2.35. The number of piperidine rings is 1. The van der Waals surface area contributed by atoms with E-state index in [0.29, 0.717) is 59.2 Å². The number of methoxy groups -OCH3 is 1. The lowest BCUT2D eigenvalue weighted by molar-refractivity contribution is -0.112. The van der Waals surface area contributed by atoms with Gasteiger partial charge in [0.1, 0.15) is 18.2 Å². The molecule has 0 saturated carbocycles. The minimum atomic E-state index is -0.265. The molecule has 3 aromatic rings. The molecule has 1 unspecified atom stereocenters. The number of hydrogen-bond acceptors (Lipinski definition) is 8. The number of aromatic nitrogens is 2. The number of anilines is 1. The van der Waals surface area contributed by atoms with E-state index in [1.807, 2.05) is 18.2 Å². The molecular formula is C32H39N5O6. The average molecular weight is 590 g/mol. The van der Waals surface area contributed by atoms with Crippen molar-refractivity contribution in [3.63, 3.8) is 0 Å². The number of hydrogen-bond donors (Lipinski definition) is 3. The van der Waals surface area contributed by atoms with E-state index in [9.17, 15) is 14.7 Å². The number of carbonyl (C=O) groups excluding carboxylic acids is 2. The van der Waals surface area contributed by atoms with Crippen molar-refractivity contribution >= 4 is 28.7 Å². The van der Waals surface area contributed by atoms with Gasteiger partial charge in [0.15, 0.2) is 11.5 Å². The molecule has 0 bridgehead atoms. The van der Waals surface area contributed by atoms with Gasteiger partial charge in [-0.2, -0.15) is 0 Å². The normalized spacial score (nSPS) is 17.5. The molecule has 3 N–H and O–H groups in total. The van der Waals surface area contributed by atoms with Crippen LogP contribution in [0.15, 0.2) is 66.5 Å². The highest BCUT2D eigenvalue weighted by molar-refractivity contribution is 6.05. The molecule has 1 aromatic carbocycles. The van der Waals surface area contributed by atoms with E-state index in [4.69, 9.17) is 14.2 Å². The van der Waals surface area contributed by atoms with Crippen LogP contribution in [0.3, 0.4) is 0 Å². The summed E-state index contributed by atoms with van der Waals surface area (Å²) < 4.78 is 18.8. The first kappa shape index (κ1) is 30.3. The zero-order chi connectivity index (χ0) is 30.2. The van der Waals surface area contributed by atoms with Crippen molar-refractivity contribution in [2.24, 2.45) is 11.8 Å². The van der Waals surface area contributed by atoms with Gasteiger partial charge in [-0.05, 0) is 62.4 Å². The van der Waals surface area contributed by atoms with Crippen LogP contribution < -0.4 is 20.1 Å². The molecule has 1 fully saturated rings. The smallest absolute Gasteiger partial charge is 0.325 e. The number of aliphatic hydroxyl groups excluding tert-OH is 1. The summed E-state index contributed by atoms with van der Waals surface area (Å²) in [5.74, 6) is 2.52. The fourth-order valence-corrected chi connectivity index (χ4v) is 5.63. The van der Waals surface area contributed by atoms with Crippen molar-refractivity contribution < 1.29 is 28.9 Å². The third-order valence-corrected chi connectivity index (χ3v) is 7.98. The van der Waals surface area contributed by atoms with Crippen LogP contribution in [0.2, 0.25) is 0 Å². The lowest BCUT2D eigenvalue weighted by Crippen LogP contribution is -2.37. The Balaban J connectivity index is 1.24. The maximum atomic E-state index is 13.1. The summed E-state index contributed by atoms with van der Waals surface area (Å²) in [6, 6.07) is 8.48. The van der Waals surface area contributed by atoms with Crippen LogP contribution >= 0.6 is 0 Å². The van der Waals surface area contributed by atoms with Crippen LogP contribution in [0.4, 0.5) is 10.6 Å². The molecule has 11 nitrogen and oxygen atoms in total. The summed E-state index contributed by atoms with van der Waals surface area (Å²) in [6.07, 6.45) is 12.4. The molecule has 1 atom stereocenters. The lowest BCUT2D eigenvalue weighted by atomic mass is 9.79. The molecule has 2 amide bonds. The molecule has 0 radical (unpaired) electrons. The van der Waals surface area contributed by atoms with E-state index in [0.717, 1.165) is 44.3 Å². The summed E-state index contributed by atoms with van der Waals surface area (Å²) in [4.78, 5) is 32.0. The van der Waals surface area contributed by atoms with Gasteiger partial charge < -0.3 is 34.9 Å². The Labute approximate surface area is 251 Å². The highest BCUT2D eigenvalue weighted by atomic mass is 16.5. The van der Waals surface area contributed by atoms with Gasteiger partial charge in [0, 0.05) is 56.2 Å². The Morgan fingerprint density at radius 3 is 2.67 bits per heavy atom. The SMILES string of the molecule is CNC(=O)n1ccc2cc(Oc3ccnc(NC(=O)C4=CCC(C5CCN(CCO)CC5)C=C4)c3)c(OCCOC)cc21. The van der Waals surface area contributed by atoms with Gasteiger partial charge in [0.05, 0.1) is 18.7 Å². The van der Waals surface area contributed by atoms with Crippen LogP contribution in [0.1, 0.15) is 19.3 Å². The molecule has 2 aliphatic rings. The number of fused-ring (bicyclic) bond motifs is 1. The van der Waals surface area contributed by atoms with Gasteiger partial charge in [-0.15, -0.1) is 0 Å². The molecule has 228 valence electrons. The summed E-state index contributed by atoms with van der Waals surface area (Å²) in [6.45, 7) is 3.64. The second-order valence-corrected chi connectivity index (χ2v) is 10.7. The maximum Gasteiger partial charge on any atom is 0.325 e. The van der Waals surface area contributed by atoms with E-state index < -0.39 is 0 Å². The van der Waals surface area contributed by atoms with E-state index >= 15 is 0 Å². The molecule has 43 heavy (non-hydrogen) atoms. The zero-order valence-electron chi connectivity index (χ0n) is 24.6. The van der Waals surface area contributed by atoms with Crippen LogP contribution in [0.25, 0.3) is 10.9 Å². The number of carbonyl (C=O) groups is 2. The van der Waals surface area contributed by atoms with E-state index in [1.165, 1.54) is 4.57 Å². The first-order chi connectivity index (χ1) is 21.0. The fraction of sp³-hybridized carbons (Fsp3) is 0.406. The molecular weight excluding hydrogens is 550 g/mol. The molecule has 0 spiro atoms. The Morgan fingerprint density at radius 1 is 1.12 bits per heavy atom. The zero-order valence-corrected chi connectivity index (χ0v) is 24.6. The second-order valence-electron chi connectivity index (χ2n) is 10.7. The number of β-amino-alcohol motifs (C(OH)–C–C–N with tert-alkyl or cyclic N) is 1. The van der Waals surface area contributed by atoms with Gasteiger partial charge >= 0.3 is 6.03 Å². The van der Waals surface area contributed by atoms with Crippen LogP contribution in [-0.4, -0.2) is 85.1 Å². The number of amides is 2. The molecule has 5 rings (SSSR count). The minimum absolute atomic E-state index is 0.203. The van der Waals surface area contributed by atoms with Crippen molar-refractivity contribution in [2.75, 3.05) is 58.9 Å². The summed E-state index contributed by atoms with van der Waals surface area (Å²) in [5, 5.41) is 15.5. The highest BCUT2D eigenvalue weighted by Crippen LogP contribution is 2.37. The van der Waals surface area contributed by atoms with Gasteiger partial charge in [-0.25, -0.2) is 9.78 Å². The third kappa shape index (κ3) is 7.42. The number of nitrogens with one attached hydrogen (secondary N) is 2. The van der Waals surface area contributed by atoms with E-state index in [-0.39, 0.29) is 18.5 Å². The minimum Gasteiger partial charge on any atom is -0.487 e. The largest absolute Gasteiger partial charge is 0.487 e. The van der Waals surface area contributed by atoms with Crippen molar-refractivity contribution in [1.82, 2.24) is 19.8 Å². The molecule has 3 heterocycles. The third-order valence-electron chi connectivity index (χ3n) is 7.98. The Bertz CT molecular complexity index is 1490. The van der Waals surface area contributed by atoms with Gasteiger partial charge in [-0.1, -0.05) is 18.2 Å². The maximum absolute atomic E-state index is 13.1. The van der Waals surface area contributed by atoms with Gasteiger partial charge in [-0.3, -0.25) is 9.36 Å². The predicted molar refractivity (Wildman–Crippen MR) is 164 cm³/mol. The molecule has 1 saturated heterocycles. The van der Waals surface area contributed by atoms with Crippen LogP contribution in [0, 0.1) is 11.8 Å². The Kier molecular flexibility index (Phi) is 10.1. The number of benzene rings is 1. The fourth-order valence-electron chi connectivity index (χ4n) is 5.63. The van der Waals surface area contributed by atoms with Crippen molar-refractivity contribution in [3.05, 3.63) is 66.5 Å². The monoisotopic (exact) mass is 589 g/mol. The van der Waals surface area contributed by atoms with E-state index in [2.05, 4.69) is 26.6 Å². The number of pyridine rings is 1. The average Bonchev–Trinajstić information content (AvgIpc) is 3.44. The molecule has 11 heteroatoms. The second kappa shape index (κ2) is 14.3. The van der Waals surface area contributed by atoms with Crippen molar-refractivity contribution in [2.45, 2.75) is 19.3 Å². The van der Waals surface area contributed by atoms with Crippen LogP contribution in [0.5, 0.6) is 17.2 Å². The molecule has 1 aliphatic heterocycles. The quantitative estimate of drug-likeness (QED) is 0.284. The number of nitrogens with zero attached hydrogens (tertiary/aromatic N) is 3. The topological polar surface area (TPSA) is 127 Å². The first-order valence-corrected chi connectivity index (χ1v) is 14.6. The number of ether oxygens (including phenoxy) is 3. The number of allylic oxidation sites excluding steroid dienone is 2. The Hall–Kier alpha value is -4.19. The number of rotatable bonds is 11. The number of likely N-dealkylation sites (tertiary alicyclic amines) is 1. The van der Waals surface area contributed by atoms with Crippen molar-refractivity contribution in [3.8, 4) is 17.2 Å². The highest BCUT2D eigenvalue weighted by Gasteiger charge is 2.26. The Morgan fingerprint density at radius 2 is 1.95 bits per heavy atom. The summed E-state index contributed by atoms with van der Waals surface area (Å²) in [7, 11) is 3.17. The number of aliphatic hydroxyl groups is 1. The molecule has 1 aliphatic carbocycles. The summed E-state index contributed by atoms with van der Waals surface area (Å²) >= 11 is 0. The first-order valence-electron chi connectivity index (χ1n) is 14.6. The van der Waals surface area contributed by atoms with Gasteiger partial charge in [0.25, 0.3) is 5.91 Å². The predicted octanol–water partition coefficient (Wildman–Crippen LogP) is 4.19. The van der Waals surface area contributed by atoms with Crippen LogP contribution in [-0.2, 0) is 9.53 Å². The van der Waals surface area contributed by atoms with E-state index in [1.54, 1.807) is 50.8 Å².